The third-order valence-electron chi connectivity index (χ3n) is 3.59. The van der Waals surface area contributed by atoms with Crippen molar-refractivity contribution in [3.05, 3.63) is 52.9 Å². The first-order valence-electron chi connectivity index (χ1n) is 7.51. The fraction of sp³-hybridized carbons (Fsp3) is 0.294. The number of hydrogen-bond donors (Lipinski definition) is 2. The normalized spacial score (nSPS) is 12.0. The van der Waals surface area contributed by atoms with Crippen molar-refractivity contribution in [2.24, 2.45) is 0 Å². The van der Waals surface area contributed by atoms with Crippen molar-refractivity contribution in [3.8, 4) is 0 Å². The molecule has 0 unspecified atom stereocenters. The van der Waals surface area contributed by atoms with E-state index in [1.54, 1.807) is 37.3 Å². The number of nitrogens with zero attached hydrogens (tertiary/aromatic N) is 1. The van der Waals surface area contributed by atoms with Crippen LogP contribution in [-0.4, -0.2) is 36.3 Å². The first kappa shape index (κ1) is 18.2. The van der Waals surface area contributed by atoms with Crippen molar-refractivity contribution in [2.75, 3.05) is 18.9 Å². The molecule has 0 aliphatic rings. The Balaban J connectivity index is 1.79. The van der Waals surface area contributed by atoms with Crippen molar-refractivity contribution < 1.29 is 14.0 Å². The lowest BCUT2D eigenvalue weighted by molar-refractivity contribution is -0.125. The van der Waals surface area contributed by atoms with Crippen LogP contribution < -0.4 is 10.6 Å². The van der Waals surface area contributed by atoms with Crippen molar-refractivity contribution in [1.82, 2.24) is 10.2 Å². The molecule has 0 saturated carbocycles. The maximum atomic E-state index is 12.3. The van der Waals surface area contributed by atoms with E-state index >= 15 is 0 Å². The lowest BCUT2D eigenvalue weighted by atomic mass is 10.2. The Morgan fingerprint density at radius 1 is 1.25 bits per heavy atom. The van der Waals surface area contributed by atoms with Gasteiger partial charge >= 0.3 is 0 Å². The van der Waals surface area contributed by atoms with Gasteiger partial charge in [0.2, 0.25) is 11.8 Å². The lowest BCUT2D eigenvalue weighted by Gasteiger charge is -2.23. The molecule has 1 heterocycles. The van der Waals surface area contributed by atoms with Gasteiger partial charge in [-0.1, -0.05) is 15.9 Å². The maximum absolute atomic E-state index is 12.3. The van der Waals surface area contributed by atoms with Gasteiger partial charge in [0.1, 0.15) is 5.76 Å². The number of anilines is 1. The molecule has 0 fully saturated rings. The smallest absolute Gasteiger partial charge is 0.241 e. The quantitative estimate of drug-likeness (QED) is 0.757. The molecule has 2 N–H and O–H groups in total. The summed E-state index contributed by atoms with van der Waals surface area (Å²) in [7, 11) is 1.73. The Kier molecular flexibility index (Phi) is 6.57. The van der Waals surface area contributed by atoms with Gasteiger partial charge in [-0.25, -0.2) is 0 Å². The average Bonchev–Trinajstić information content (AvgIpc) is 3.07. The van der Waals surface area contributed by atoms with Gasteiger partial charge in [-0.15, -0.1) is 0 Å². The zero-order chi connectivity index (χ0) is 17.5. The van der Waals surface area contributed by atoms with Crippen LogP contribution in [0.5, 0.6) is 0 Å². The van der Waals surface area contributed by atoms with Crippen LogP contribution in [0, 0.1) is 0 Å². The minimum atomic E-state index is -0.442. The van der Waals surface area contributed by atoms with E-state index in [0.717, 1.165) is 4.47 Å². The van der Waals surface area contributed by atoms with Crippen LogP contribution in [0.15, 0.2) is 51.6 Å². The van der Waals surface area contributed by atoms with Crippen LogP contribution in [0.4, 0.5) is 5.69 Å². The zero-order valence-electron chi connectivity index (χ0n) is 13.6. The van der Waals surface area contributed by atoms with Crippen molar-refractivity contribution >= 4 is 33.4 Å². The number of carbonyl (C=O) groups excluding carboxylic acids is 2. The van der Waals surface area contributed by atoms with Gasteiger partial charge in [0.15, 0.2) is 0 Å². The Morgan fingerprint density at radius 3 is 2.58 bits per heavy atom. The molecule has 1 atom stereocenters. The van der Waals surface area contributed by atoms with Crippen LogP contribution >= 0.6 is 15.9 Å². The maximum Gasteiger partial charge on any atom is 0.241 e. The molecule has 0 spiro atoms. The monoisotopic (exact) mass is 393 g/mol. The largest absolute Gasteiger partial charge is 0.467 e. The second-order valence-electron chi connectivity index (χ2n) is 5.44. The number of halogens is 1. The minimum absolute atomic E-state index is 0.121. The molecular weight excluding hydrogens is 374 g/mol. The second kappa shape index (κ2) is 8.65. The van der Waals surface area contributed by atoms with Crippen LogP contribution in [0.1, 0.15) is 12.7 Å². The van der Waals surface area contributed by atoms with Crippen molar-refractivity contribution in [2.45, 2.75) is 19.5 Å². The van der Waals surface area contributed by atoms with E-state index in [2.05, 4.69) is 26.6 Å². The predicted molar refractivity (Wildman–Crippen MR) is 95.4 cm³/mol. The highest BCUT2D eigenvalue weighted by atomic mass is 79.9. The topological polar surface area (TPSA) is 74.6 Å². The summed E-state index contributed by atoms with van der Waals surface area (Å²) in [6.07, 6.45) is 1.56. The summed E-state index contributed by atoms with van der Waals surface area (Å²) in [5.41, 5.74) is 0.714. The standard InChI is InChI=1S/C17H20BrN3O3/c1-12(17(23)20-14-7-5-13(18)6-8-14)21(2)11-16(22)19-10-15-4-3-9-24-15/h3-9,12H,10-11H2,1-2H3,(H,19,22)(H,20,23)/t12-/m0/s1. The van der Waals surface area contributed by atoms with Crippen LogP contribution in [0.2, 0.25) is 0 Å². The van der Waals surface area contributed by atoms with E-state index in [4.69, 9.17) is 4.42 Å². The molecule has 0 bridgehead atoms. The van der Waals surface area contributed by atoms with E-state index in [-0.39, 0.29) is 18.4 Å². The summed E-state index contributed by atoms with van der Waals surface area (Å²) < 4.78 is 6.10. The van der Waals surface area contributed by atoms with Gasteiger partial charge in [0.25, 0.3) is 0 Å². The number of carbonyl (C=O) groups is 2. The van der Waals surface area contributed by atoms with Crippen LogP contribution in [0.3, 0.4) is 0 Å². The first-order valence-corrected chi connectivity index (χ1v) is 8.31. The molecule has 2 aromatic rings. The van der Waals surface area contributed by atoms with E-state index in [0.29, 0.717) is 18.0 Å². The third kappa shape index (κ3) is 5.50. The number of nitrogens with one attached hydrogen (secondary N) is 2. The number of benzene rings is 1. The summed E-state index contributed by atoms with van der Waals surface area (Å²) in [6.45, 7) is 2.21. The summed E-state index contributed by atoms with van der Waals surface area (Å²) >= 11 is 3.35. The van der Waals surface area contributed by atoms with Crippen LogP contribution in [0.25, 0.3) is 0 Å². The molecule has 0 radical (unpaired) electrons. The van der Waals surface area contributed by atoms with E-state index in [1.165, 1.54) is 0 Å². The van der Waals surface area contributed by atoms with Crippen LogP contribution in [-0.2, 0) is 16.1 Å². The third-order valence-corrected chi connectivity index (χ3v) is 4.11. The summed E-state index contributed by atoms with van der Waals surface area (Å²) in [5.74, 6) is 0.350. The fourth-order valence-corrected chi connectivity index (χ4v) is 2.26. The number of hydrogen-bond acceptors (Lipinski definition) is 4. The van der Waals surface area contributed by atoms with Gasteiger partial charge in [-0.05, 0) is 50.4 Å². The zero-order valence-corrected chi connectivity index (χ0v) is 15.2. The Morgan fingerprint density at radius 2 is 1.96 bits per heavy atom. The average molecular weight is 394 g/mol. The molecule has 0 aliphatic carbocycles. The summed E-state index contributed by atoms with van der Waals surface area (Å²) in [4.78, 5) is 25.9. The number of likely N-dealkylation sites (N-methyl/N-ethyl adjacent to an activating group) is 1. The molecule has 24 heavy (non-hydrogen) atoms. The SMILES string of the molecule is C[C@@H](C(=O)Nc1ccc(Br)cc1)N(C)CC(=O)NCc1ccco1. The number of amides is 2. The van der Waals surface area contributed by atoms with Gasteiger partial charge in [0, 0.05) is 10.2 Å². The van der Waals surface area contributed by atoms with Gasteiger partial charge < -0.3 is 15.1 Å². The van der Waals surface area contributed by atoms with Crippen molar-refractivity contribution in [1.29, 1.82) is 0 Å². The highest BCUT2D eigenvalue weighted by Gasteiger charge is 2.20. The Hall–Kier alpha value is -2.12. The molecule has 0 saturated heterocycles. The van der Waals surface area contributed by atoms with E-state index in [9.17, 15) is 9.59 Å². The first-order chi connectivity index (χ1) is 11.5. The number of rotatable bonds is 7. The molecule has 7 heteroatoms. The summed E-state index contributed by atoms with van der Waals surface area (Å²) in [5, 5.41) is 5.58. The molecule has 2 amide bonds. The molecular formula is C17H20BrN3O3. The minimum Gasteiger partial charge on any atom is -0.467 e. The van der Waals surface area contributed by atoms with Gasteiger partial charge in [0.05, 0.1) is 25.4 Å². The highest BCUT2D eigenvalue weighted by molar-refractivity contribution is 9.10. The highest BCUT2D eigenvalue weighted by Crippen LogP contribution is 2.14. The fourth-order valence-electron chi connectivity index (χ4n) is 2.00. The second-order valence-corrected chi connectivity index (χ2v) is 6.36. The number of furan rings is 1. The Labute approximate surface area is 149 Å². The molecule has 6 nitrogen and oxygen atoms in total. The van der Waals surface area contributed by atoms with E-state index < -0.39 is 6.04 Å². The molecule has 1 aromatic carbocycles. The molecule has 0 aliphatic heterocycles. The lowest BCUT2D eigenvalue weighted by Crippen LogP contribution is -2.44. The van der Waals surface area contributed by atoms with E-state index in [1.807, 2.05) is 24.3 Å². The van der Waals surface area contributed by atoms with Gasteiger partial charge in [-0.2, -0.15) is 0 Å². The van der Waals surface area contributed by atoms with Crippen molar-refractivity contribution in [3.63, 3.8) is 0 Å². The predicted octanol–water partition coefficient (Wildman–Crippen LogP) is 2.62. The Bertz CT molecular complexity index is 671. The van der Waals surface area contributed by atoms with Gasteiger partial charge in [-0.3, -0.25) is 14.5 Å². The summed E-state index contributed by atoms with van der Waals surface area (Å²) in [6, 6.07) is 10.4. The molecule has 1 aromatic heterocycles. The molecule has 2 rings (SSSR count). The molecule has 128 valence electrons.